The Morgan fingerprint density at radius 1 is 0.684 bits per heavy atom. The van der Waals surface area contributed by atoms with Gasteiger partial charge in [-0.25, -0.2) is 0 Å². The zero-order valence-electron chi connectivity index (χ0n) is 11.8. The van der Waals surface area contributed by atoms with Crippen LogP contribution in [-0.4, -0.2) is 46.3 Å². The summed E-state index contributed by atoms with van der Waals surface area (Å²) in [6.45, 7) is 4.44. The van der Waals surface area contributed by atoms with E-state index in [2.05, 4.69) is 0 Å². The fourth-order valence-corrected chi connectivity index (χ4v) is 0. The molecule has 0 aliphatic rings. The van der Waals surface area contributed by atoms with Gasteiger partial charge in [0.2, 0.25) is 0 Å². The van der Waals surface area contributed by atoms with Gasteiger partial charge in [0.1, 0.15) is 0 Å². The Labute approximate surface area is 112 Å². The van der Waals surface area contributed by atoms with Crippen molar-refractivity contribution in [3.8, 4) is 0 Å². The molecule has 0 fully saturated rings. The van der Waals surface area contributed by atoms with E-state index >= 15 is 0 Å². The molecular weight excluding hydrogens is 262 g/mol. The Morgan fingerprint density at radius 2 is 0.737 bits per heavy atom. The summed E-state index contributed by atoms with van der Waals surface area (Å²) in [6, 6.07) is 0. The van der Waals surface area contributed by atoms with Crippen molar-refractivity contribution in [2.75, 3.05) is 13.1 Å². The maximum absolute atomic E-state index is 9.00. The molecule has 0 bridgehead atoms. The molecule has 0 aliphatic heterocycles. The Morgan fingerprint density at radius 3 is 0.737 bits per heavy atom. The zero-order chi connectivity index (χ0) is 14.1. The van der Waals surface area contributed by atoms with E-state index in [4.69, 9.17) is 41.2 Å². The highest BCUT2D eigenvalue weighted by Crippen LogP contribution is 1.42. The largest absolute Gasteiger partial charge is 0.481 e. The van der Waals surface area contributed by atoms with Crippen LogP contribution < -0.4 is 29.9 Å². The lowest BCUT2D eigenvalue weighted by Gasteiger charge is -1.72. The molecule has 0 saturated heterocycles. The van der Waals surface area contributed by atoms with Crippen LogP contribution >= 0.6 is 0 Å². The summed E-state index contributed by atoms with van der Waals surface area (Å²) in [5.41, 5.74) is 9.81. The highest BCUT2D eigenvalue weighted by atomic mass is 16.4. The summed E-state index contributed by atoms with van der Waals surface area (Å²) in [5.74, 6) is -2.50. The minimum atomic E-state index is -0.833. The number of hydrogen-bond acceptors (Lipinski definition) is 8. The lowest BCUT2D eigenvalue weighted by molar-refractivity contribution is -0.135. The zero-order valence-corrected chi connectivity index (χ0v) is 11.8. The first-order valence-electron chi connectivity index (χ1n) is 4.10. The van der Waals surface area contributed by atoms with Crippen LogP contribution in [0.15, 0.2) is 0 Å². The fourth-order valence-electron chi connectivity index (χ4n) is 0. The van der Waals surface area contributed by atoms with Crippen LogP contribution in [0.1, 0.15) is 20.8 Å². The van der Waals surface area contributed by atoms with E-state index in [1.165, 1.54) is 0 Å². The van der Waals surface area contributed by atoms with Crippen molar-refractivity contribution in [1.82, 2.24) is 18.5 Å². The standard InChI is InChI=1S/C2H8N2.3C2H4O2.3H3N/c3-1-2-4;3*1-2(3)4;;;/h1-4H2;3*1H3,(H,3,4);3*1H3. The van der Waals surface area contributed by atoms with Gasteiger partial charge in [0.15, 0.2) is 0 Å². The molecule has 122 valence electrons. The third-order valence-corrected chi connectivity index (χ3v) is 0.167. The average molecular weight is 291 g/mol. The molecule has 0 heterocycles. The molecule has 19 heavy (non-hydrogen) atoms. The molecule has 0 amide bonds. The number of nitrogens with two attached hydrogens (primary N) is 2. The number of carboxylic acid groups (broad SMARTS) is 3. The lowest BCUT2D eigenvalue weighted by Crippen LogP contribution is -2.11. The quantitative estimate of drug-likeness (QED) is 0.309. The fraction of sp³-hybridized carbons (Fsp3) is 0.625. The molecule has 0 atom stereocenters. The van der Waals surface area contributed by atoms with Gasteiger partial charge in [-0.1, -0.05) is 0 Å². The Balaban J connectivity index is -0.0000000192. The monoisotopic (exact) mass is 291 g/mol. The molecule has 0 aromatic carbocycles. The van der Waals surface area contributed by atoms with Gasteiger partial charge in [0.05, 0.1) is 0 Å². The van der Waals surface area contributed by atoms with Gasteiger partial charge in [0, 0.05) is 33.9 Å². The van der Waals surface area contributed by atoms with Crippen molar-refractivity contribution < 1.29 is 29.7 Å². The van der Waals surface area contributed by atoms with Crippen molar-refractivity contribution in [1.29, 1.82) is 0 Å². The molecule has 0 aromatic rings. The summed E-state index contributed by atoms with van der Waals surface area (Å²) >= 11 is 0. The SMILES string of the molecule is CC(=O)O.CC(=O)O.CC(=O)O.N.N.N.NCCN. The van der Waals surface area contributed by atoms with Crippen LogP contribution in [-0.2, 0) is 14.4 Å². The van der Waals surface area contributed by atoms with Crippen molar-refractivity contribution in [3.63, 3.8) is 0 Å². The summed E-state index contributed by atoms with van der Waals surface area (Å²) < 4.78 is 0. The van der Waals surface area contributed by atoms with E-state index in [0.29, 0.717) is 13.1 Å². The lowest BCUT2D eigenvalue weighted by atomic mass is 10.7. The van der Waals surface area contributed by atoms with Gasteiger partial charge in [0.25, 0.3) is 17.9 Å². The third-order valence-electron chi connectivity index (χ3n) is 0.167. The van der Waals surface area contributed by atoms with Crippen LogP contribution in [0.5, 0.6) is 0 Å². The predicted molar refractivity (Wildman–Crippen MR) is 73.1 cm³/mol. The summed E-state index contributed by atoms with van der Waals surface area (Å²) in [4.78, 5) is 27.0. The second kappa shape index (κ2) is 44.2. The van der Waals surface area contributed by atoms with Crippen molar-refractivity contribution in [3.05, 3.63) is 0 Å². The molecule has 0 unspecified atom stereocenters. The first-order chi connectivity index (χ1) is 7.11. The minimum Gasteiger partial charge on any atom is -0.481 e. The predicted octanol–water partition coefficient (Wildman–Crippen LogP) is -0.337. The smallest absolute Gasteiger partial charge is 0.300 e. The molecule has 16 N–H and O–H groups in total. The van der Waals surface area contributed by atoms with Gasteiger partial charge < -0.3 is 45.2 Å². The van der Waals surface area contributed by atoms with Crippen LogP contribution in [0, 0.1) is 0 Å². The minimum absolute atomic E-state index is 0. The Bertz CT molecular complexity index is 148. The van der Waals surface area contributed by atoms with E-state index in [1.54, 1.807) is 0 Å². The first-order valence-corrected chi connectivity index (χ1v) is 4.10. The number of carboxylic acids is 3. The van der Waals surface area contributed by atoms with Crippen molar-refractivity contribution in [2.24, 2.45) is 11.5 Å². The van der Waals surface area contributed by atoms with E-state index in [-0.39, 0.29) is 18.5 Å². The van der Waals surface area contributed by atoms with Gasteiger partial charge in [-0.05, 0) is 0 Å². The van der Waals surface area contributed by atoms with Gasteiger partial charge in [-0.15, -0.1) is 0 Å². The van der Waals surface area contributed by atoms with E-state index < -0.39 is 17.9 Å². The Hall–Kier alpha value is -1.79. The van der Waals surface area contributed by atoms with Crippen molar-refractivity contribution in [2.45, 2.75) is 20.8 Å². The van der Waals surface area contributed by atoms with E-state index in [0.717, 1.165) is 20.8 Å². The molecular formula is C8H29N5O6. The highest BCUT2D eigenvalue weighted by Gasteiger charge is 1.66. The van der Waals surface area contributed by atoms with Crippen LogP contribution in [0.25, 0.3) is 0 Å². The average Bonchev–Trinajstić information content (AvgIpc) is 2.00. The Kier molecular flexibility index (Phi) is 101. The molecule has 0 rings (SSSR count). The number of carbonyl (C=O) groups is 3. The molecule has 11 heteroatoms. The third kappa shape index (κ3) is 5240. The van der Waals surface area contributed by atoms with E-state index in [9.17, 15) is 0 Å². The van der Waals surface area contributed by atoms with E-state index in [1.807, 2.05) is 0 Å². The van der Waals surface area contributed by atoms with Gasteiger partial charge >= 0.3 is 0 Å². The molecule has 0 aliphatic carbocycles. The normalized spacial score (nSPS) is 5.53. The number of rotatable bonds is 1. The molecule has 0 spiro atoms. The maximum atomic E-state index is 9.00. The van der Waals surface area contributed by atoms with Crippen LogP contribution in [0.3, 0.4) is 0 Å². The second-order valence-corrected chi connectivity index (χ2v) is 2.13. The molecule has 0 radical (unpaired) electrons. The molecule has 0 saturated carbocycles. The number of aliphatic carboxylic acids is 3. The van der Waals surface area contributed by atoms with Crippen molar-refractivity contribution >= 4 is 17.9 Å². The number of hydrogen-bond donors (Lipinski definition) is 8. The first kappa shape index (κ1) is 43.4. The summed E-state index contributed by atoms with van der Waals surface area (Å²) in [7, 11) is 0. The maximum Gasteiger partial charge on any atom is 0.300 e. The van der Waals surface area contributed by atoms with Gasteiger partial charge in [-0.3, -0.25) is 14.4 Å². The molecule has 0 aromatic heterocycles. The highest BCUT2D eigenvalue weighted by molar-refractivity contribution is 5.63. The summed E-state index contributed by atoms with van der Waals surface area (Å²) in [6.07, 6.45) is 0. The van der Waals surface area contributed by atoms with Gasteiger partial charge in [-0.2, -0.15) is 0 Å². The molecule has 11 nitrogen and oxygen atoms in total. The van der Waals surface area contributed by atoms with Crippen LogP contribution in [0.4, 0.5) is 0 Å². The van der Waals surface area contributed by atoms with Crippen LogP contribution in [0.2, 0.25) is 0 Å². The second-order valence-electron chi connectivity index (χ2n) is 2.13. The summed E-state index contributed by atoms with van der Waals surface area (Å²) in [5, 5.41) is 22.2. The topological polar surface area (TPSA) is 269 Å².